The molecular weight excluding hydrogens is 251 g/mol. The highest BCUT2D eigenvalue weighted by Crippen LogP contribution is 2.32. The number of hydrogen-bond donors (Lipinski definition) is 2. The van der Waals surface area contributed by atoms with E-state index in [9.17, 15) is 14.3 Å². The highest BCUT2D eigenvalue weighted by molar-refractivity contribution is 5.87. The summed E-state index contributed by atoms with van der Waals surface area (Å²) in [5, 5.41) is 22.5. The van der Waals surface area contributed by atoms with Gasteiger partial charge in [-0.25, -0.2) is 9.18 Å². The molecule has 5 nitrogen and oxygen atoms in total. The smallest absolute Gasteiger partial charge is 0.356 e. The maximum atomic E-state index is 13.3. The number of phenols is 1. The Morgan fingerprint density at radius 3 is 2.63 bits per heavy atom. The van der Waals surface area contributed by atoms with Gasteiger partial charge < -0.3 is 10.2 Å². The van der Waals surface area contributed by atoms with Crippen molar-refractivity contribution in [2.24, 2.45) is 7.05 Å². The summed E-state index contributed by atoms with van der Waals surface area (Å²) >= 11 is 0. The molecule has 1 aromatic heterocycles. The first-order valence-corrected chi connectivity index (χ1v) is 5.65. The second kappa shape index (κ2) is 4.72. The van der Waals surface area contributed by atoms with Crippen molar-refractivity contribution in [3.8, 4) is 17.0 Å². The number of aryl methyl sites for hydroxylation is 1. The third-order valence-electron chi connectivity index (χ3n) is 2.85. The lowest BCUT2D eigenvalue weighted by Crippen LogP contribution is -1.99. The summed E-state index contributed by atoms with van der Waals surface area (Å²) in [6, 6.07) is 5.69. The summed E-state index contributed by atoms with van der Waals surface area (Å²) < 4.78 is 14.6. The molecule has 0 spiro atoms. The van der Waals surface area contributed by atoms with Gasteiger partial charge in [0.2, 0.25) is 0 Å². The summed E-state index contributed by atoms with van der Waals surface area (Å²) in [6.45, 7) is 1.39. The first-order chi connectivity index (χ1) is 8.90. The van der Waals surface area contributed by atoms with Crippen molar-refractivity contribution >= 4 is 5.97 Å². The first-order valence-electron chi connectivity index (χ1n) is 5.65. The summed E-state index contributed by atoms with van der Waals surface area (Å²) in [5.74, 6) is -1.21. The fraction of sp³-hybridized carbons (Fsp3) is 0.231. The van der Waals surface area contributed by atoms with Gasteiger partial charge in [0.1, 0.15) is 11.9 Å². The fourth-order valence-corrected chi connectivity index (χ4v) is 1.83. The topological polar surface area (TPSA) is 75.3 Å². The molecule has 0 radical (unpaired) electrons. The molecule has 2 rings (SSSR count). The van der Waals surface area contributed by atoms with Crippen LogP contribution in [0.25, 0.3) is 11.3 Å². The molecule has 1 aromatic carbocycles. The molecule has 0 amide bonds. The molecule has 100 valence electrons. The molecule has 1 unspecified atom stereocenters. The average molecular weight is 264 g/mol. The molecule has 0 saturated carbocycles. The lowest BCUT2D eigenvalue weighted by molar-refractivity contribution is 0.0689. The summed E-state index contributed by atoms with van der Waals surface area (Å²) in [6.07, 6.45) is -1.17. The molecule has 2 N–H and O–H groups in total. The minimum Gasteiger partial charge on any atom is -0.507 e. The standard InChI is InChI=1S/C13H13FN2O3/c1-7(14)8-3-4-12(17)9(5-8)11-6-10(13(18)19)15-16(11)2/h3-7,17H,1-2H3,(H,18,19). The summed E-state index contributed by atoms with van der Waals surface area (Å²) in [7, 11) is 1.56. The van der Waals surface area contributed by atoms with Gasteiger partial charge >= 0.3 is 5.97 Å². The SMILES string of the molecule is CC(F)c1ccc(O)c(-c2cc(C(=O)O)nn2C)c1. The van der Waals surface area contributed by atoms with Crippen LogP contribution in [-0.2, 0) is 7.05 Å². The lowest BCUT2D eigenvalue weighted by Gasteiger charge is -2.08. The van der Waals surface area contributed by atoms with Crippen LogP contribution >= 0.6 is 0 Å². The highest BCUT2D eigenvalue weighted by atomic mass is 19.1. The Bertz CT molecular complexity index is 635. The van der Waals surface area contributed by atoms with E-state index in [-0.39, 0.29) is 11.4 Å². The van der Waals surface area contributed by atoms with Gasteiger partial charge in [-0.3, -0.25) is 4.68 Å². The van der Waals surface area contributed by atoms with Gasteiger partial charge in [-0.2, -0.15) is 5.10 Å². The number of carboxylic acid groups (broad SMARTS) is 1. The Kier molecular flexibility index (Phi) is 3.25. The molecule has 0 aliphatic heterocycles. The third-order valence-corrected chi connectivity index (χ3v) is 2.85. The van der Waals surface area contributed by atoms with Gasteiger partial charge in [0.15, 0.2) is 5.69 Å². The van der Waals surface area contributed by atoms with Crippen LogP contribution in [0.3, 0.4) is 0 Å². The van der Waals surface area contributed by atoms with Crippen LogP contribution in [0.15, 0.2) is 24.3 Å². The van der Waals surface area contributed by atoms with E-state index >= 15 is 0 Å². The summed E-state index contributed by atoms with van der Waals surface area (Å²) in [5.41, 5.74) is 1.04. The fourth-order valence-electron chi connectivity index (χ4n) is 1.83. The third kappa shape index (κ3) is 2.42. The molecule has 0 saturated heterocycles. The minimum atomic E-state index is -1.17. The molecule has 19 heavy (non-hydrogen) atoms. The maximum absolute atomic E-state index is 13.3. The molecular formula is C13H13FN2O3. The van der Waals surface area contributed by atoms with Crippen molar-refractivity contribution in [1.82, 2.24) is 9.78 Å². The number of carboxylic acids is 1. The van der Waals surface area contributed by atoms with Crippen molar-refractivity contribution < 1.29 is 19.4 Å². The largest absolute Gasteiger partial charge is 0.507 e. The van der Waals surface area contributed by atoms with Crippen molar-refractivity contribution in [1.29, 1.82) is 0 Å². The first kappa shape index (κ1) is 13.1. The van der Waals surface area contributed by atoms with E-state index in [2.05, 4.69) is 5.10 Å². The summed E-state index contributed by atoms with van der Waals surface area (Å²) in [4.78, 5) is 10.9. The molecule has 1 atom stereocenters. The number of aromatic carboxylic acids is 1. The Balaban J connectivity index is 2.57. The molecule has 0 bridgehead atoms. The van der Waals surface area contributed by atoms with Crippen LogP contribution in [0.2, 0.25) is 0 Å². The molecule has 2 aromatic rings. The molecule has 6 heteroatoms. The van der Waals surface area contributed by atoms with Gasteiger partial charge in [0.25, 0.3) is 0 Å². The maximum Gasteiger partial charge on any atom is 0.356 e. The highest BCUT2D eigenvalue weighted by Gasteiger charge is 2.16. The number of benzene rings is 1. The molecule has 0 aliphatic rings. The predicted octanol–water partition coefficient (Wildman–Crippen LogP) is 2.52. The van der Waals surface area contributed by atoms with E-state index in [1.807, 2.05) is 0 Å². The van der Waals surface area contributed by atoms with Gasteiger partial charge in [-0.15, -0.1) is 0 Å². The zero-order chi connectivity index (χ0) is 14.2. The van der Waals surface area contributed by atoms with Crippen LogP contribution in [0, 0.1) is 0 Å². The normalized spacial score (nSPS) is 12.4. The van der Waals surface area contributed by atoms with Crippen LogP contribution in [0.4, 0.5) is 4.39 Å². The quantitative estimate of drug-likeness (QED) is 0.893. The molecule has 1 heterocycles. The molecule has 0 aliphatic carbocycles. The Morgan fingerprint density at radius 2 is 2.11 bits per heavy atom. The monoisotopic (exact) mass is 264 g/mol. The predicted molar refractivity (Wildman–Crippen MR) is 66.8 cm³/mol. The Morgan fingerprint density at radius 1 is 1.42 bits per heavy atom. The number of rotatable bonds is 3. The number of halogens is 1. The van der Waals surface area contributed by atoms with Crippen molar-refractivity contribution in [2.75, 3.05) is 0 Å². The number of aromatic hydroxyl groups is 1. The number of phenolic OH excluding ortho intramolecular Hbond substituents is 1. The van der Waals surface area contributed by atoms with Crippen LogP contribution in [0.5, 0.6) is 5.75 Å². The van der Waals surface area contributed by atoms with Gasteiger partial charge in [-0.05, 0) is 30.7 Å². The van der Waals surface area contributed by atoms with Crippen molar-refractivity contribution in [3.63, 3.8) is 0 Å². The van der Waals surface area contributed by atoms with Gasteiger partial charge in [0, 0.05) is 12.6 Å². The molecule has 0 fully saturated rings. The van der Waals surface area contributed by atoms with Gasteiger partial charge in [-0.1, -0.05) is 6.07 Å². The van der Waals surface area contributed by atoms with Crippen molar-refractivity contribution in [3.05, 3.63) is 35.5 Å². The second-order valence-electron chi connectivity index (χ2n) is 4.24. The van der Waals surface area contributed by atoms with E-state index in [0.29, 0.717) is 16.8 Å². The number of nitrogens with zero attached hydrogens (tertiary/aromatic N) is 2. The number of hydrogen-bond acceptors (Lipinski definition) is 3. The Hall–Kier alpha value is -2.37. The minimum absolute atomic E-state index is 0.0515. The van der Waals surface area contributed by atoms with E-state index in [0.717, 1.165) is 0 Å². The lowest BCUT2D eigenvalue weighted by atomic mass is 10.0. The number of aromatic nitrogens is 2. The number of alkyl halides is 1. The van der Waals surface area contributed by atoms with Crippen LogP contribution < -0.4 is 0 Å². The van der Waals surface area contributed by atoms with Gasteiger partial charge in [0.05, 0.1) is 5.69 Å². The van der Waals surface area contributed by atoms with E-state index in [4.69, 9.17) is 5.11 Å². The van der Waals surface area contributed by atoms with Crippen molar-refractivity contribution in [2.45, 2.75) is 13.1 Å². The van der Waals surface area contributed by atoms with E-state index < -0.39 is 12.1 Å². The van der Waals surface area contributed by atoms with E-state index in [1.165, 1.54) is 35.9 Å². The number of carbonyl (C=O) groups is 1. The van der Waals surface area contributed by atoms with Crippen LogP contribution in [0.1, 0.15) is 29.1 Å². The second-order valence-corrected chi connectivity index (χ2v) is 4.24. The zero-order valence-electron chi connectivity index (χ0n) is 10.5. The Labute approximate surface area is 108 Å². The average Bonchev–Trinajstić information content (AvgIpc) is 2.72. The van der Waals surface area contributed by atoms with Crippen LogP contribution in [-0.4, -0.2) is 26.0 Å². The zero-order valence-corrected chi connectivity index (χ0v) is 10.5. The van der Waals surface area contributed by atoms with E-state index in [1.54, 1.807) is 7.05 Å².